The number of carbonyl (C=O) groups is 1. The Labute approximate surface area is 188 Å². The van der Waals surface area contributed by atoms with E-state index in [1.807, 2.05) is 17.6 Å². The molecule has 4 heterocycles. The molecule has 1 saturated heterocycles. The summed E-state index contributed by atoms with van der Waals surface area (Å²) in [6, 6.07) is 6.01. The third-order valence-corrected chi connectivity index (χ3v) is 5.76. The number of ether oxygens (including phenoxy) is 2. The van der Waals surface area contributed by atoms with Crippen molar-refractivity contribution in [3.8, 4) is 11.4 Å². The molecule has 1 aromatic carbocycles. The highest BCUT2D eigenvalue weighted by Gasteiger charge is 2.39. The van der Waals surface area contributed by atoms with E-state index >= 15 is 0 Å². The molecule has 1 amide bonds. The van der Waals surface area contributed by atoms with Crippen LogP contribution in [0.2, 0.25) is 5.02 Å². The maximum Gasteiger partial charge on any atom is 0.416 e. The number of hydrogen-bond acceptors (Lipinski definition) is 7. The molecule has 2 aliphatic heterocycles. The molecule has 1 fully saturated rings. The lowest BCUT2D eigenvalue weighted by atomic mass is 10.1. The van der Waals surface area contributed by atoms with Gasteiger partial charge in [-0.05, 0) is 32.0 Å². The Morgan fingerprint density at radius 3 is 2.91 bits per heavy atom. The zero-order chi connectivity index (χ0) is 22.4. The van der Waals surface area contributed by atoms with Gasteiger partial charge in [0.25, 0.3) is 0 Å². The summed E-state index contributed by atoms with van der Waals surface area (Å²) in [5.41, 5.74) is 2.53. The van der Waals surface area contributed by atoms with E-state index in [9.17, 15) is 9.18 Å². The van der Waals surface area contributed by atoms with Crippen LogP contribution in [-0.2, 0) is 11.3 Å². The number of fused-ring (bicyclic) bond motifs is 3. The van der Waals surface area contributed by atoms with E-state index in [0.29, 0.717) is 17.4 Å². The summed E-state index contributed by atoms with van der Waals surface area (Å²) in [5, 5.41) is 3.81. The van der Waals surface area contributed by atoms with Crippen LogP contribution in [0.15, 0.2) is 36.8 Å². The van der Waals surface area contributed by atoms with Crippen LogP contribution in [0.25, 0.3) is 5.69 Å². The van der Waals surface area contributed by atoms with E-state index in [-0.39, 0.29) is 24.4 Å². The van der Waals surface area contributed by atoms with Gasteiger partial charge in [-0.2, -0.15) is 4.98 Å². The molecular formula is C21H20ClFN6O3. The predicted octanol–water partition coefficient (Wildman–Crippen LogP) is 4.06. The number of imidazole rings is 1. The molecule has 11 heteroatoms. The lowest BCUT2D eigenvalue weighted by Crippen LogP contribution is -2.39. The van der Waals surface area contributed by atoms with Gasteiger partial charge >= 0.3 is 6.09 Å². The topological polar surface area (TPSA) is 94.4 Å². The SMILES string of the molecule is CC(Nc1nccc(N2C(=O)OC[C@@H]2C(C)F)n1)c1ncn2c1COc1cc(Cl)ccc1-2. The third-order valence-electron chi connectivity index (χ3n) is 5.52. The number of cyclic esters (lactones) is 1. The van der Waals surface area contributed by atoms with Crippen molar-refractivity contribution >= 4 is 29.5 Å². The number of hydrogen-bond donors (Lipinski definition) is 1. The zero-order valence-corrected chi connectivity index (χ0v) is 18.1. The number of aromatic nitrogens is 4. The molecule has 3 atom stereocenters. The van der Waals surface area contributed by atoms with E-state index in [1.54, 1.807) is 24.5 Å². The average molecular weight is 459 g/mol. The number of rotatable bonds is 5. The summed E-state index contributed by atoms with van der Waals surface area (Å²) in [5.74, 6) is 1.25. The highest BCUT2D eigenvalue weighted by molar-refractivity contribution is 6.30. The molecule has 166 valence electrons. The highest BCUT2D eigenvalue weighted by Crippen LogP contribution is 2.35. The first-order valence-corrected chi connectivity index (χ1v) is 10.5. The predicted molar refractivity (Wildman–Crippen MR) is 115 cm³/mol. The molecular weight excluding hydrogens is 439 g/mol. The van der Waals surface area contributed by atoms with E-state index in [2.05, 4.69) is 20.3 Å². The Balaban J connectivity index is 1.39. The fourth-order valence-corrected chi connectivity index (χ4v) is 4.06. The third kappa shape index (κ3) is 3.50. The second-order valence-electron chi connectivity index (χ2n) is 7.64. The Bertz CT molecular complexity index is 1190. The Kier molecular flexibility index (Phi) is 5.09. The van der Waals surface area contributed by atoms with Gasteiger partial charge < -0.3 is 14.8 Å². The molecule has 3 aromatic rings. The maximum absolute atomic E-state index is 13.9. The van der Waals surface area contributed by atoms with Gasteiger partial charge in [0.2, 0.25) is 5.95 Å². The fourth-order valence-electron chi connectivity index (χ4n) is 3.90. The Hall–Kier alpha value is -3.40. The van der Waals surface area contributed by atoms with E-state index in [4.69, 9.17) is 21.1 Å². The molecule has 9 nitrogen and oxygen atoms in total. The van der Waals surface area contributed by atoms with E-state index in [0.717, 1.165) is 17.1 Å². The summed E-state index contributed by atoms with van der Waals surface area (Å²) in [6.45, 7) is 3.63. The fraction of sp³-hybridized carbons (Fsp3) is 0.333. The molecule has 0 saturated carbocycles. The first kappa shape index (κ1) is 20.5. The molecule has 32 heavy (non-hydrogen) atoms. The summed E-state index contributed by atoms with van der Waals surface area (Å²) in [4.78, 5) is 26.5. The zero-order valence-electron chi connectivity index (χ0n) is 17.3. The molecule has 0 aliphatic carbocycles. The number of alkyl halides is 1. The normalized spacial score (nSPS) is 18.9. The van der Waals surface area contributed by atoms with Crippen LogP contribution in [0.5, 0.6) is 5.75 Å². The quantitative estimate of drug-likeness (QED) is 0.616. The van der Waals surface area contributed by atoms with Crippen LogP contribution in [-0.4, -0.2) is 44.4 Å². The molecule has 2 aliphatic rings. The summed E-state index contributed by atoms with van der Waals surface area (Å²) in [7, 11) is 0. The lowest BCUT2D eigenvalue weighted by Gasteiger charge is -2.23. The van der Waals surface area contributed by atoms with Gasteiger partial charge in [0.1, 0.15) is 43.3 Å². The minimum absolute atomic E-state index is 0.0207. The summed E-state index contributed by atoms with van der Waals surface area (Å²) in [6.07, 6.45) is 1.36. The Morgan fingerprint density at radius 1 is 1.25 bits per heavy atom. The molecule has 2 aromatic heterocycles. The second kappa shape index (κ2) is 7.94. The number of benzene rings is 1. The van der Waals surface area contributed by atoms with Gasteiger partial charge in [0, 0.05) is 17.3 Å². The molecule has 0 bridgehead atoms. The van der Waals surface area contributed by atoms with Crippen molar-refractivity contribution in [2.45, 2.75) is 38.7 Å². The van der Waals surface area contributed by atoms with Crippen molar-refractivity contribution in [2.24, 2.45) is 0 Å². The average Bonchev–Trinajstić information content (AvgIpc) is 3.37. The van der Waals surface area contributed by atoms with Gasteiger partial charge in [-0.15, -0.1) is 0 Å². The number of nitrogens with one attached hydrogen (secondary N) is 1. The van der Waals surface area contributed by atoms with Crippen molar-refractivity contribution in [3.63, 3.8) is 0 Å². The molecule has 1 N–H and O–H groups in total. The van der Waals surface area contributed by atoms with Crippen LogP contribution in [0, 0.1) is 0 Å². The number of anilines is 2. The van der Waals surface area contributed by atoms with Gasteiger partial charge in [-0.25, -0.2) is 19.2 Å². The molecule has 5 rings (SSSR count). The minimum Gasteiger partial charge on any atom is -0.485 e. The second-order valence-corrected chi connectivity index (χ2v) is 8.08. The smallest absolute Gasteiger partial charge is 0.416 e. The largest absolute Gasteiger partial charge is 0.485 e. The van der Waals surface area contributed by atoms with Gasteiger partial charge in [0.05, 0.1) is 23.1 Å². The van der Waals surface area contributed by atoms with Crippen LogP contribution in [0.1, 0.15) is 31.3 Å². The Morgan fingerprint density at radius 2 is 2.09 bits per heavy atom. The number of halogens is 2. The first-order chi connectivity index (χ1) is 15.4. The maximum atomic E-state index is 13.9. The van der Waals surface area contributed by atoms with Gasteiger partial charge in [0.15, 0.2) is 0 Å². The monoisotopic (exact) mass is 458 g/mol. The van der Waals surface area contributed by atoms with Crippen molar-refractivity contribution in [1.82, 2.24) is 19.5 Å². The molecule has 0 radical (unpaired) electrons. The number of nitrogens with zero attached hydrogens (tertiary/aromatic N) is 5. The summed E-state index contributed by atoms with van der Waals surface area (Å²) < 4.78 is 26.8. The van der Waals surface area contributed by atoms with Crippen LogP contribution < -0.4 is 15.0 Å². The van der Waals surface area contributed by atoms with Crippen molar-refractivity contribution in [2.75, 3.05) is 16.8 Å². The lowest BCUT2D eigenvalue weighted by molar-refractivity contribution is 0.174. The van der Waals surface area contributed by atoms with Crippen molar-refractivity contribution < 1.29 is 18.7 Å². The van der Waals surface area contributed by atoms with Crippen LogP contribution in [0.4, 0.5) is 21.0 Å². The summed E-state index contributed by atoms with van der Waals surface area (Å²) >= 11 is 6.06. The van der Waals surface area contributed by atoms with Crippen LogP contribution in [0.3, 0.4) is 0 Å². The number of carbonyl (C=O) groups excluding carboxylic acids is 1. The van der Waals surface area contributed by atoms with E-state index < -0.39 is 18.3 Å². The first-order valence-electron chi connectivity index (χ1n) is 10.1. The van der Waals surface area contributed by atoms with Crippen LogP contribution >= 0.6 is 11.6 Å². The minimum atomic E-state index is -1.26. The van der Waals surface area contributed by atoms with Gasteiger partial charge in [-0.3, -0.25) is 9.47 Å². The number of amides is 1. The van der Waals surface area contributed by atoms with Crippen molar-refractivity contribution in [3.05, 3.63) is 53.2 Å². The highest BCUT2D eigenvalue weighted by atomic mass is 35.5. The standard InChI is InChI=1S/C21H20ClFN6O3/c1-11(23)15-8-32-21(30)29(15)18-5-6-24-20(27-18)26-12(2)19-16-9-31-17-7-13(22)3-4-14(17)28(16)10-25-19/h3-7,10-12,15H,8-9H2,1-2H3,(H,24,26,27)/t11?,12?,15-/m1/s1. The molecule has 0 spiro atoms. The molecule has 2 unspecified atom stereocenters. The van der Waals surface area contributed by atoms with Crippen molar-refractivity contribution in [1.29, 1.82) is 0 Å². The van der Waals surface area contributed by atoms with Gasteiger partial charge in [-0.1, -0.05) is 11.6 Å². The van der Waals surface area contributed by atoms with E-state index in [1.165, 1.54) is 18.0 Å².